The molecule has 1 saturated carbocycles. The number of nitrogens with zero attached hydrogens (tertiary/aromatic N) is 1. The number of carbonyl (C=O) groups excluding carboxylic acids is 1. The van der Waals surface area contributed by atoms with E-state index < -0.39 is 0 Å². The molecule has 21 heavy (non-hydrogen) atoms. The lowest BCUT2D eigenvalue weighted by Gasteiger charge is -2.23. The van der Waals surface area contributed by atoms with Crippen LogP contribution < -0.4 is 11.3 Å². The monoisotopic (exact) mass is 287 g/mol. The molecule has 5 nitrogen and oxygen atoms in total. The summed E-state index contributed by atoms with van der Waals surface area (Å²) in [6.45, 7) is 0.699. The molecule has 5 heteroatoms. The molecule has 0 aliphatic heterocycles. The van der Waals surface area contributed by atoms with Crippen LogP contribution in [0.4, 0.5) is 0 Å². The molecule has 2 aromatic rings. The fraction of sp³-hybridized carbons (Fsp3) is 0.438. The summed E-state index contributed by atoms with van der Waals surface area (Å²) >= 11 is 0. The Labute approximate surface area is 124 Å². The summed E-state index contributed by atoms with van der Waals surface area (Å²) in [5, 5.41) is 0.987. The van der Waals surface area contributed by atoms with Gasteiger partial charge in [-0.25, -0.2) is 5.84 Å². The Morgan fingerprint density at radius 2 is 2.10 bits per heavy atom. The molecule has 3 rings (SSSR count). The Balaban J connectivity index is 1.96. The number of nitrogens with one attached hydrogen (secondary N) is 1. The Kier molecular flexibility index (Phi) is 3.94. The van der Waals surface area contributed by atoms with Crippen molar-refractivity contribution in [1.29, 1.82) is 0 Å². The summed E-state index contributed by atoms with van der Waals surface area (Å²) in [5.41, 5.74) is 3.82. The van der Waals surface area contributed by atoms with Gasteiger partial charge in [-0.3, -0.25) is 15.1 Å². The van der Waals surface area contributed by atoms with Gasteiger partial charge in [0.25, 0.3) is 0 Å². The largest absolute Gasteiger partial charge is 0.451 e. The van der Waals surface area contributed by atoms with Crippen molar-refractivity contribution < 1.29 is 9.21 Å². The van der Waals surface area contributed by atoms with Crippen LogP contribution in [0.3, 0.4) is 0 Å². The molecule has 1 aromatic carbocycles. The van der Waals surface area contributed by atoms with E-state index in [0.717, 1.165) is 16.5 Å². The van der Waals surface area contributed by atoms with Crippen LogP contribution in [0.5, 0.6) is 0 Å². The van der Waals surface area contributed by atoms with E-state index in [2.05, 4.69) is 17.4 Å². The molecule has 0 spiro atoms. The van der Waals surface area contributed by atoms with E-state index in [-0.39, 0.29) is 5.91 Å². The maximum absolute atomic E-state index is 12.0. The molecule has 3 N–H and O–H groups in total. The second-order valence-electron chi connectivity index (χ2n) is 5.73. The summed E-state index contributed by atoms with van der Waals surface area (Å²) < 4.78 is 5.70. The summed E-state index contributed by atoms with van der Waals surface area (Å²) in [6, 6.07) is 8.32. The van der Waals surface area contributed by atoms with Gasteiger partial charge in [-0.1, -0.05) is 31.0 Å². The zero-order valence-corrected chi connectivity index (χ0v) is 12.3. The van der Waals surface area contributed by atoms with Crippen molar-refractivity contribution in [3.05, 3.63) is 35.6 Å². The van der Waals surface area contributed by atoms with Crippen LogP contribution in [0.1, 0.15) is 41.8 Å². The SMILES string of the molecule is CN(Cc1c(C(=O)NN)oc2ccccc12)C1CCCC1. The molecule has 1 fully saturated rings. The van der Waals surface area contributed by atoms with Gasteiger partial charge in [0.2, 0.25) is 0 Å². The molecule has 1 heterocycles. The fourth-order valence-corrected chi connectivity index (χ4v) is 3.23. The van der Waals surface area contributed by atoms with E-state index in [4.69, 9.17) is 10.3 Å². The zero-order valence-electron chi connectivity index (χ0n) is 12.3. The van der Waals surface area contributed by atoms with Crippen molar-refractivity contribution in [2.45, 2.75) is 38.3 Å². The Morgan fingerprint density at radius 1 is 1.38 bits per heavy atom. The van der Waals surface area contributed by atoms with E-state index in [1.807, 2.05) is 24.3 Å². The van der Waals surface area contributed by atoms with Crippen molar-refractivity contribution in [1.82, 2.24) is 10.3 Å². The van der Waals surface area contributed by atoms with E-state index in [9.17, 15) is 4.79 Å². The van der Waals surface area contributed by atoms with Gasteiger partial charge in [0.05, 0.1) is 0 Å². The minimum Gasteiger partial charge on any atom is -0.451 e. The summed E-state index contributed by atoms with van der Waals surface area (Å²) in [7, 11) is 2.11. The normalized spacial score (nSPS) is 16.0. The van der Waals surface area contributed by atoms with Crippen LogP contribution in [-0.4, -0.2) is 23.9 Å². The molecular weight excluding hydrogens is 266 g/mol. The van der Waals surface area contributed by atoms with E-state index in [1.54, 1.807) is 0 Å². The number of nitrogen functional groups attached to an aromatic ring is 1. The van der Waals surface area contributed by atoms with Crippen LogP contribution in [0, 0.1) is 0 Å². The number of nitrogens with two attached hydrogens (primary N) is 1. The number of amides is 1. The Morgan fingerprint density at radius 3 is 2.81 bits per heavy atom. The van der Waals surface area contributed by atoms with Gasteiger partial charge in [0, 0.05) is 23.5 Å². The molecule has 1 aliphatic carbocycles. The average molecular weight is 287 g/mol. The first-order chi connectivity index (χ1) is 10.2. The maximum atomic E-state index is 12.0. The number of furan rings is 1. The van der Waals surface area contributed by atoms with Gasteiger partial charge in [0.1, 0.15) is 5.58 Å². The first kappa shape index (κ1) is 14.1. The van der Waals surface area contributed by atoms with Crippen LogP contribution in [-0.2, 0) is 6.54 Å². The second-order valence-corrected chi connectivity index (χ2v) is 5.73. The molecular formula is C16H21N3O2. The first-order valence-corrected chi connectivity index (χ1v) is 7.42. The predicted molar refractivity (Wildman–Crippen MR) is 81.6 cm³/mol. The third kappa shape index (κ3) is 2.66. The predicted octanol–water partition coefficient (Wildman–Crippen LogP) is 2.41. The Hall–Kier alpha value is -1.85. The van der Waals surface area contributed by atoms with E-state index in [1.165, 1.54) is 25.7 Å². The van der Waals surface area contributed by atoms with Crippen LogP contribution in [0.15, 0.2) is 28.7 Å². The minimum atomic E-state index is -0.374. The van der Waals surface area contributed by atoms with Gasteiger partial charge >= 0.3 is 5.91 Å². The summed E-state index contributed by atoms with van der Waals surface area (Å²) in [4.78, 5) is 14.3. The smallest absolute Gasteiger partial charge is 0.301 e. The molecule has 0 radical (unpaired) electrons. The lowest BCUT2D eigenvalue weighted by molar-refractivity contribution is 0.0925. The molecule has 112 valence electrons. The summed E-state index contributed by atoms with van der Waals surface area (Å²) in [5.74, 6) is 5.22. The number of fused-ring (bicyclic) bond motifs is 1. The van der Waals surface area contributed by atoms with E-state index >= 15 is 0 Å². The third-order valence-corrected chi connectivity index (χ3v) is 4.39. The van der Waals surface area contributed by atoms with E-state index in [0.29, 0.717) is 18.3 Å². The van der Waals surface area contributed by atoms with Crippen molar-refractivity contribution in [2.75, 3.05) is 7.05 Å². The fourth-order valence-electron chi connectivity index (χ4n) is 3.23. The standard InChI is InChI=1S/C16H21N3O2/c1-19(11-6-2-3-7-11)10-13-12-8-4-5-9-14(12)21-15(13)16(20)18-17/h4-5,8-9,11H,2-3,6-7,10,17H2,1H3,(H,18,20). The lowest BCUT2D eigenvalue weighted by atomic mass is 10.1. The number of rotatable bonds is 4. The number of hydrogen-bond donors (Lipinski definition) is 2. The van der Waals surface area contributed by atoms with Gasteiger partial charge in [-0.2, -0.15) is 0 Å². The summed E-state index contributed by atoms with van der Waals surface area (Å²) in [6.07, 6.45) is 5.03. The number of carbonyl (C=O) groups is 1. The number of para-hydroxylation sites is 1. The minimum absolute atomic E-state index is 0.323. The van der Waals surface area contributed by atoms with Crippen molar-refractivity contribution in [2.24, 2.45) is 5.84 Å². The number of hydrazine groups is 1. The molecule has 0 atom stereocenters. The highest BCUT2D eigenvalue weighted by Gasteiger charge is 2.25. The lowest BCUT2D eigenvalue weighted by Crippen LogP contribution is -2.32. The third-order valence-electron chi connectivity index (χ3n) is 4.39. The molecule has 0 bridgehead atoms. The average Bonchev–Trinajstić information content (AvgIpc) is 3.15. The highest BCUT2D eigenvalue weighted by molar-refractivity contribution is 5.98. The molecule has 0 saturated heterocycles. The first-order valence-electron chi connectivity index (χ1n) is 7.42. The van der Waals surface area contributed by atoms with Gasteiger partial charge < -0.3 is 4.42 Å². The topological polar surface area (TPSA) is 71.5 Å². The molecule has 1 aliphatic rings. The van der Waals surface area contributed by atoms with Gasteiger partial charge in [0.15, 0.2) is 5.76 Å². The molecule has 1 amide bonds. The zero-order chi connectivity index (χ0) is 14.8. The van der Waals surface area contributed by atoms with Crippen LogP contribution in [0.25, 0.3) is 11.0 Å². The van der Waals surface area contributed by atoms with Crippen molar-refractivity contribution >= 4 is 16.9 Å². The van der Waals surface area contributed by atoms with Gasteiger partial charge in [-0.15, -0.1) is 0 Å². The van der Waals surface area contributed by atoms with Crippen molar-refractivity contribution in [3.8, 4) is 0 Å². The number of benzene rings is 1. The highest BCUT2D eigenvalue weighted by Crippen LogP contribution is 2.29. The Bertz CT molecular complexity index is 644. The van der Waals surface area contributed by atoms with Gasteiger partial charge in [-0.05, 0) is 26.0 Å². The molecule has 0 unspecified atom stereocenters. The second kappa shape index (κ2) is 5.87. The van der Waals surface area contributed by atoms with Crippen molar-refractivity contribution in [3.63, 3.8) is 0 Å². The molecule has 1 aromatic heterocycles. The maximum Gasteiger partial charge on any atom is 0.301 e. The quantitative estimate of drug-likeness (QED) is 0.514. The number of hydrogen-bond acceptors (Lipinski definition) is 4. The van der Waals surface area contributed by atoms with Crippen LogP contribution in [0.2, 0.25) is 0 Å². The highest BCUT2D eigenvalue weighted by atomic mass is 16.3. The van der Waals surface area contributed by atoms with Crippen LogP contribution >= 0.6 is 0 Å².